The Kier molecular flexibility index (Phi) is 7.03. The number of hydrogen-bond donors (Lipinski definition) is 2. The number of amides is 1. The third-order valence-corrected chi connectivity index (χ3v) is 6.13. The summed E-state index contributed by atoms with van der Waals surface area (Å²) in [6.45, 7) is 6.39. The molecular weight excluding hydrogens is 472 g/mol. The lowest BCUT2D eigenvalue weighted by molar-refractivity contribution is -0.114. The van der Waals surface area contributed by atoms with Crippen molar-refractivity contribution in [1.29, 1.82) is 0 Å². The molecular formula is C23H28N6O5S. The second kappa shape index (κ2) is 10.0. The zero-order valence-corrected chi connectivity index (χ0v) is 20.8. The largest absolute Gasteiger partial charge is 0.491 e. The van der Waals surface area contributed by atoms with Crippen LogP contribution in [0.15, 0.2) is 41.7 Å². The number of pyridine rings is 2. The highest BCUT2D eigenvalue weighted by Gasteiger charge is 2.20. The van der Waals surface area contributed by atoms with Gasteiger partial charge in [-0.1, -0.05) is 0 Å². The van der Waals surface area contributed by atoms with Crippen LogP contribution in [-0.4, -0.2) is 59.6 Å². The van der Waals surface area contributed by atoms with Crippen LogP contribution in [0.4, 0.5) is 17.3 Å². The van der Waals surface area contributed by atoms with Gasteiger partial charge in [0.25, 0.3) is 0 Å². The van der Waals surface area contributed by atoms with Crippen LogP contribution in [-0.2, 0) is 19.4 Å². The third-order valence-electron chi connectivity index (χ3n) is 5.16. The lowest BCUT2D eigenvalue weighted by atomic mass is 10.1. The van der Waals surface area contributed by atoms with Gasteiger partial charge in [0.15, 0.2) is 14.9 Å². The van der Waals surface area contributed by atoms with Crippen LogP contribution in [0.3, 0.4) is 0 Å². The quantitative estimate of drug-likeness (QED) is 0.477. The van der Waals surface area contributed by atoms with Gasteiger partial charge in [0, 0.05) is 55.9 Å². The maximum atomic E-state index is 12.2. The highest BCUT2D eigenvalue weighted by atomic mass is 32.2. The third kappa shape index (κ3) is 6.14. The number of hydrogen-bond acceptors (Lipinski definition) is 9. The number of sulfone groups is 1. The molecule has 0 radical (unpaired) electrons. The van der Waals surface area contributed by atoms with Crippen molar-refractivity contribution in [3.8, 4) is 17.0 Å². The van der Waals surface area contributed by atoms with E-state index in [1.807, 2.05) is 30.8 Å². The number of ether oxygens (including phenoxy) is 2. The van der Waals surface area contributed by atoms with Crippen molar-refractivity contribution in [2.24, 2.45) is 0 Å². The second-order valence-electron chi connectivity index (χ2n) is 8.58. The van der Waals surface area contributed by atoms with Crippen molar-refractivity contribution in [2.45, 2.75) is 44.4 Å². The van der Waals surface area contributed by atoms with E-state index >= 15 is 0 Å². The average molecular weight is 501 g/mol. The first-order valence-electron chi connectivity index (χ1n) is 11.1. The van der Waals surface area contributed by atoms with Crippen LogP contribution >= 0.6 is 0 Å². The average Bonchev–Trinajstić information content (AvgIpc) is 3.44. The van der Waals surface area contributed by atoms with E-state index in [1.54, 1.807) is 18.3 Å². The molecule has 2 N–H and O–H groups in total. The Morgan fingerprint density at radius 1 is 1.26 bits per heavy atom. The van der Waals surface area contributed by atoms with Gasteiger partial charge in [-0.3, -0.25) is 9.48 Å². The summed E-state index contributed by atoms with van der Waals surface area (Å²) >= 11 is 0. The molecule has 0 spiro atoms. The second-order valence-corrected chi connectivity index (χ2v) is 10.5. The number of rotatable bonds is 8. The lowest BCUT2D eigenvalue weighted by Crippen LogP contribution is -2.11. The standard InChI is InChI=1S/C23H28N6O5S/c1-14(2)34-17-9-22(27-23(10-17)35(4,31)32)26-20-11-21(25-15(3)30)24-12-18(20)19-5-7-29(28-19)16-6-8-33-13-16/h5,7,9-12,14,16H,6,8,13H2,1-4H3,(H2,24,25,26,27,30)/t16-/m0/s1. The van der Waals surface area contributed by atoms with Gasteiger partial charge in [0.05, 0.1) is 30.1 Å². The number of aromatic nitrogens is 4. The zero-order chi connectivity index (χ0) is 25.2. The summed E-state index contributed by atoms with van der Waals surface area (Å²) in [6, 6.07) is 6.68. The summed E-state index contributed by atoms with van der Waals surface area (Å²) < 4.78 is 37.6. The van der Waals surface area contributed by atoms with Crippen molar-refractivity contribution in [3.63, 3.8) is 0 Å². The molecule has 1 atom stereocenters. The number of nitrogens with zero attached hydrogens (tertiary/aromatic N) is 4. The minimum atomic E-state index is -3.60. The predicted molar refractivity (Wildman–Crippen MR) is 131 cm³/mol. The van der Waals surface area contributed by atoms with E-state index in [1.165, 1.54) is 13.0 Å². The van der Waals surface area contributed by atoms with E-state index in [-0.39, 0.29) is 28.9 Å². The molecule has 1 saturated heterocycles. The highest BCUT2D eigenvalue weighted by Crippen LogP contribution is 2.33. The molecule has 1 aliphatic heterocycles. The summed E-state index contributed by atoms with van der Waals surface area (Å²) in [6.07, 6.45) is 5.29. The first kappa shape index (κ1) is 24.6. The molecule has 11 nitrogen and oxygen atoms in total. The fourth-order valence-electron chi connectivity index (χ4n) is 3.64. The van der Waals surface area contributed by atoms with E-state index in [9.17, 15) is 13.2 Å². The molecule has 12 heteroatoms. The molecule has 186 valence electrons. The Balaban J connectivity index is 1.75. The lowest BCUT2D eigenvalue weighted by Gasteiger charge is -2.15. The number of anilines is 3. The minimum Gasteiger partial charge on any atom is -0.491 e. The fraction of sp³-hybridized carbons (Fsp3) is 0.391. The van der Waals surface area contributed by atoms with Gasteiger partial charge in [-0.05, 0) is 26.3 Å². The Hall–Kier alpha value is -3.51. The van der Waals surface area contributed by atoms with Crippen LogP contribution in [0.2, 0.25) is 0 Å². The van der Waals surface area contributed by atoms with Crippen molar-refractivity contribution in [2.75, 3.05) is 30.1 Å². The van der Waals surface area contributed by atoms with Gasteiger partial charge in [-0.25, -0.2) is 18.4 Å². The normalized spacial score (nSPS) is 15.9. The maximum absolute atomic E-state index is 12.2. The summed E-state index contributed by atoms with van der Waals surface area (Å²) in [4.78, 5) is 20.2. The molecule has 3 aromatic heterocycles. The van der Waals surface area contributed by atoms with Crippen LogP contribution in [0, 0.1) is 0 Å². The van der Waals surface area contributed by atoms with Crippen LogP contribution in [0.25, 0.3) is 11.3 Å². The SMILES string of the molecule is CC(=O)Nc1cc(Nc2cc(OC(C)C)cc(S(C)(=O)=O)n2)c(-c2ccn([C@H]3CCOC3)n2)cn1. The molecule has 0 aliphatic carbocycles. The van der Waals surface area contributed by atoms with Crippen LogP contribution in [0.1, 0.15) is 33.2 Å². The molecule has 1 amide bonds. The van der Waals surface area contributed by atoms with Crippen molar-refractivity contribution < 1.29 is 22.7 Å². The van der Waals surface area contributed by atoms with E-state index < -0.39 is 9.84 Å². The van der Waals surface area contributed by atoms with Crippen LogP contribution in [0.5, 0.6) is 5.75 Å². The van der Waals surface area contributed by atoms with E-state index in [0.29, 0.717) is 41.7 Å². The molecule has 0 aromatic carbocycles. The monoisotopic (exact) mass is 500 g/mol. The molecule has 0 unspecified atom stereocenters. The summed E-state index contributed by atoms with van der Waals surface area (Å²) in [5.74, 6) is 0.673. The fourth-order valence-corrected chi connectivity index (χ4v) is 4.24. The minimum absolute atomic E-state index is 0.124. The molecule has 3 aromatic rings. The first-order valence-corrected chi connectivity index (χ1v) is 13.0. The molecule has 1 aliphatic rings. The molecule has 4 rings (SSSR count). The van der Waals surface area contributed by atoms with Gasteiger partial charge in [-0.2, -0.15) is 5.10 Å². The summed E-state index contributed by atoms with van der Waals surface area (Å²) in [5.41, 5.74) is 1.83. The predicted octanol–water partition coefficient (Wildman–Crippen LogP) is 3.19. The number of carbonyl (C=O) groups excluding carboxylic acids is 1. The Morgan fingerprint density at radius 3 is 2.71 bits per heavy atom. The Morgan fingerprint density at radius 2 is 2.06 bits per heavy atom. The van der Waals surface area contributed by atoms with E-state index in [2.05, 4.69) is 20.6 Å². The van der Waals surface area contributed by atoms with Gasteiger partial charge < -0.3 is 20.1 Å². The van der Waals surface area contributed by atoms with Gasteiger partial charge in [0.2, 0.25) is 5.91 Å². The first-order chi connectivity index (χ1) is 16.6. The number of nitrogens with one attached hydrogen (secondary N) is 2. The Bertz CT molecular complexity index is 1330. The summed E-state index contributed by atoms with van der Waals surface area (Å²) in [7, 11) is -3.60. The van der Waals surface area contributed by atoms with Gasteiger partial charge in [-0.15, -0.1) is 0 Å². The summed E-state index contributed by atoms with van der Waals surface area (Å²) in [5, 5.41) is 10.4. The zero-order valence-electron chi connectivity index (χ0n) is 20.0. The molecule has 1 fully saturated rings. The van der Waals surface area contributed by atoms with Crippen molar-refractivity contribution in [3.05, 3.63) is 36.7 Å². The topological polar surface area (TPSA) is 137 Å². The molecule has 4 heterocycles. The van der Waals surface area contributed by atoms with E-state index in [4.69, 9.17) is 14.6 Å². The maximum Gasteiger partial charge on any atom is 0.222 e. The van der Waals surface area contributed by atoms with Crippen LogP contribution < -0.4 is 15.4 Å². The Labute approximate surface area is 203 Å². The molecule has 0 saturated carbocycles. The van der Waals surface area contributed by atoms with Crippen molar-refractivity contribution in [1.82, 2.24) is 19.7 Å². The van der Waals surface area contributed by atoms with Gasteiger partial charge >= 0.3 is 0 Å². The van der Waals surface area contributed by atoms with Crippen molar-refractivity contribution >= 4 is 33.1 Å². The molecule has 0 bridgehead atoms. The van der Waals surface area contributed by atoms with E-state index in [0.717, 1.165) is 12.7 Å². The molecule has 35 heavy (non-hydrogen) atoms. The van der Waals surface area contributed by atoms with Gasteiger partial charge in [0.1, 0.15) is 17.4 Å². The smallest absolute Gasteiger partial charge is 0.222 e. The number of carbonyl (C=O) groups is 1. The highest BCUT2D eigenvalue weighted by molar-refractivity contribution is 7.90.